The molecule has 0 amide bonds. The summed E-state index contributed by atoms with van der Waals surface area (Å²) < 4.78 is 4.92. The second kappa shape index (κ2) is 9.99. The fraction of sp³-hybridized carbons (Fsp3) is 0.0600. The summed E-state index contributed by atoms with van der Waals surface area (Å²) in [6, 6.07) is 51.9. The van der Waals surface area contributed by atoms with Crippen LogP contribution in [0.2, 0.25) is 0 Å². The second-order valence-corrected chi connectivity index (χ2v) is 15.1. The molecule has 53 heavy (non-hydrogen) atoms. The quantitative estimate of drug-likeness (QED) is 0.183. The molecule has 0 radical (unpaired) electrons. The number of hydrogen-bond donors (Lipinski definition) is 0. The highest BCUT2D eigenvalue weighted by Gasteiger charge is 2.35. The highest BCUT2D eigenvalue weighted by molar-refractivity contribution is 6.19. The molecule has 0 saturated heterocycles. The molecule has 0 N–H and O–H groups in total. The molecule has 3 aliphatic rings. The molecule has 1 fully saturated rings. The van der Waals surface area contributed by atoms with Gasteiger partial charge in [-0.1, -0.05) is 97.1 Å². The summed E-state index contributed by atoms with van der Waals surface area (Å²) in [5, 5.41) is 8.87. The Balaban J connectivity index is 1.02. The van der Waals surface area contributed by atoms with Crippen molar-refractivity contribution in [2.24, 2.45) is 11.8 Å². The molecule has 3 heterocycles. The molecule has 3 heteroatoms. The average Bonchev–Trinajstić information content (AvgIpc) is 3.70. The lowest BCUT2D eigenvalue weighted by atomic mass is 10.00. The molecule has 2 atom stereocenters. The maximum absolute atomic E-state index is 5.04. The summed E-state index contributed by atoms with van der Waals surface area (Å²) in [7, 11) is 0. The summed E-state index contributed by atoms with van der Waals surface area (Å²) >= 11 is 0. The number of hydrogen-bond acceptors (Lipinski definition) is 1. The number of benzene rings is 7. The van der Waals surface area contributed by atoms with Crippen molar-refractivity contribution in [1.29, 1.82) is 0 Å². The minimum Gasteiger partial charge on any atom is -0.310 e. The zero-order valence-electron chi connectivity index (χ0n) is 28.8. The SMILES string of the molecule is C1=CC2CC2C=C1n1c2ccc(-c3ccc4c(c3)c3ccccc3n4-c3ccc4c5c(ccnc35)-c3ccccc3-4)cc2c2cc3ccccc3cc21. The Morgan fingerprint density at radius 2 is 1.15 bits per heavy atom. The summed E-state index contributed by atoms with van der Waals surface area (Å²) in [6.07, 6.45) is 10.5. The lowest BCUT2D eigenvalue weighted by Crippen LogP contribution is -1.98. The summed E-state index contributed by atoms with van der Waals surface area (Å²) in [5.41, 5.74) is 15.9. The van der Waals surface area contributed by atoms with E-state index in [2.05, 4.69) is 167 Å². The van der Waals surface area contributed by atoms with Crippen LogP contribution in [0.25, 0.3) is 110 Å². The van der Waals surface area contributed by atoms with Gasteiger partial charge in [0.25, 0.3) is 0 Å². The van der Waals surface area contributed by atoms with Crippen LogP contribution in [0.3, 0.4) is 0 Å². The number of nitrogens with zero attached hydrogens (tertiary/aromatic N) is 3. The van der Waals surface area contributed by atoms with Gasteiger partial charge in [0, 0.05) is 38.8 Å². The van der Waals surface area contributed by atoms with E-state index in [1.165, 1.54) is 105 Å². The number of rotatable bonds is 3. The summed E-state index contributed by atoms with van der Waals surface area (Å²) in [6.45, 7) is 0. The van der Waals surface area contributed by atoms with Gasteiger partial charge in [-0.3, -0.25) is 4.98 Å². The maximum atomic E-state index is 5.04. The molecule has 0 bridgehead atoms. The van der Waals surface area contributed by atoms with Crippen LogP contribution in [0.5, 0.6) is 0 Å². The summed E-state index contributed by atoms with van der Waals surface area (Å²) in [4.78, 5) is 5.04. The van der Waals surface area contributed by atoms with Crippen molar-refractivity contribution >= 4 is 71.0 Å². The van der Waals surface area contributed by atoms with Crippen LogP contribution < -0.4 is 0 Å². The van der Waals surface area contributed by atoms with Gasteiger partial charge in [0.05, 0.1) is 33.3 Å². The van der Waals surface area contributed by atoms with E-state index >= 15 is 0 Å². The normalized spacial score (nSPS) is 17.0. The van der Waals surface area contributed by atoms with Crippen molar-refractivity contribution < 1.29 is 0 Å². The topological polar surface area (TPSA) is 22.8 Å². The van der Waals surface area contributed by atoms with E-state index in [1.54, 1.807) is 0 Å². The van der Waals surface area contributed by atoms with E-state index in [0.717, 1.165) is 17.1 Å². The second-order valence-electron chi connectivity index (χ2n) is 15.1. The molecule has 10 aromatic rings. The third-order valence-electron chi connectivity index (χ3n) is 12.3. The van der Waals surface area contributed by atoms with Crippen molar-refractivity contribution in [3.8, 4) is 39.1 Å². The predicted octanol–water partition coefficient (Wildman–Crippen LogP) is 13.0. The molecule has 1 saturated carbocycles. The first-order valence-electron chi connectivity index (χ1n) is 18.7. The third-order valence-corrected chi connectivity index (χ3v) is 12.3. The molecular formula is C50H31N3. The fourth-order valence-electron chi connectivity index (χ4n) is 9.71. The van der Waals surface area contributed by atoms with Gasteiger partial charge in [-0.05, 0) is 123 Å². The van der Waals surface area contributed by atoms with E-state index < -0.39 is 0 Å². The van der Waals surface area contributed by atoms with Crippen LogP contribution in [0, 0.1) is 11.8 Å². The monoisotopic (exact) mass is 673 g/mol. The van der Waals surface area contributed by atoms with Crippen molar-refractivity contribution in [1.82, 2.24) is 14.1 Å². The van der Waals surface area contributed by atoms with Crippen molar-refractivity contribution in [3.05, 3.63) is 164 Å². The molecule has 13 rings (SSSR count). The Morgan fingerprint density at radius 1 is 0.491 bits per heavy atom. The van der Waals surface area contributed by atoms with Crippen LogP contribution in [0.1, 0.15) is 6.42 Å². The summed E-state index contributed by atoms with van der Waals surface area (Å²) in [5.74, 6) is 1.40. The van der Waals surface area contributed by atoms with Gasteiger partial charge in [0.2, 0.25) is 0 Å². The molecule has 3 aliphatic carbocycles. The van der Waals surface area contributed by atoms with Crippen LogP contribution >= 0.6 is 0 Å². The first-order valence-corrected chi connectivity index (χ1v) is 18.7. The Hall–Kier alpha value is -6.71. The molecule has 0 aliphatic heterocycles. The molecule has 0 spiro atoms. The Bertz CT molecular complexity index is 3300. The molecule has 7 aromatic carbocycles. The predicted molar refractivity (Wildman–Crippen MR) is 221 cm³/mol. The molecule has 246 valence electrons. The smallest absolute Gasteiger partial charge is 0.0954 e. The number of pyridine rings is 1. The van der Waals surface area contributed by atoms with Gasteiger partial charge < -0.3 is 9.13 Å². The highest BCUT2D eigenvalue weighted by Crippen LogP contribution is 2.49. The number of fused-ring (bicyclic) bond motifs is 11. The first-order chi connectivity index (χ1) is 26.3. The van der Waals surface area contributed by atoms with Gasteiger partial charge in [-0.15, -0.1) is 0 Å². The van der Waals surface area contributed by atoms with Crippen LogP contribution in [0.4, 0.5) is 0 Å². The standard InChI is InChI=1S/C50H31N3/c1-2-8-30-28-48-43(25-29(30)7-1)42-27-33(14-18-45(42)52(48)35-16-13-31-23-34(31)24-35)32-15-19-46-41(26-32)38-11-5-6-12-44(38)53(46)47-20-17-39-36-9-3-4-10-37(36)40-21-22-51-50(47)49(39)40/h1-22,24-28,31,34H,23H2. The van der Waals surface area contributed by atoms with Crippen molar-refractivity contribution in [2.45, 2.75) is 6.42 Å². The zero-order valence-corrected chi connectivity index (χ0v) is 28.8. The number of para-hydroxylation sites is 1. The largest absolute Gasteiger partial charge is 0.310 e. The molecule has 2 unspecified atom stereocenters. The van der Waals surface area contributed by atoms with Gasteiger partial charge in [0.1, 0.15) is 0 Å². The van der Waals surface area contributed by atoms with Gasteiger partial charge in [-0.2, -0.15) is 0 Å². The van der Waals surface area contributed by atoms with E-state index in [4.69, 9.17) is 4.98 Å². The molecule has 3 nitrogen and oxygen atoms in total. The maximum Gasteiger partial charge on any atom is 0.0954 e. The minimum atomic E-state index is 0.674. The fourth-order valence-corrected chi connectivity index (χ4v) is 9.71. The van der Waals surface area contributed by atoms with Gasteiger partial charge >= 0.3 is 0 Å². The van der Waals surface area contributed by atoms with Crippen LogP contribution in [0.15, 0.2) is 164 Å². The van der Waals surface area contributed by atoms with E-state index in [-0.39, 0.29) is 0 Å². The van der Waals surface area contributed by atoms with Gasteiger partial charge in [0.15, 0.2) is 0 Å². The zero-order chi connectivity index (χ0) is 34.4. The van der Waals surface area contributed by atoms with E-state index in [1.807, 2.05) is 6.20 Å². The third kappa shape index (κ3) is 3.76. The molecular weight excluding hydrogens is 643 g/mol. The van der Waals surface area contributed by atoms with Crippen molar-refractivity contribution in [2.75, 3.05) is 0 Å². The number of allylic oxidation sites excluding steroid dienone is 4. The van der Waals surface area contributed by atoms with Gasteiger partial charge in [-0.25, -0.2) is 0 Å². The Kier molecular flexibility index (Phi) is 5.27. The average molecular weight is 674 g/mol. The highest BCUT2D eigenvalue weighted by atomic mass is 15.0. The van der Waals surface area contributed by atoms with E-state index in [9.17, 15) is 0 Å². The van der Waals surface area contributed by atoms with Crippen LogP contribution in [-0.4, -0.2) is 14.1 Å². The Morgan fingerprint density at radius 3 is 1.96 bits per heavy atom. The number of aromatic nitrogens is 3. The van der Waals surface area contributed by atoms with Crippen LogP contribution in [-0.2, 0) is 0 Å². The Labute approximate surface area is 305 Å². The lowest BCUT2D eigenvalue weighted by molar-refractivity contribution is 0.969. The minimum absolute atomic E-state index is 0.674. The van der Waals surface area contributed by atoms with E-state index in [0.29, 0.717) is 5.92 Å². The lowest BCUT2D eigenvalue weighted by Gasteiger charge is -2.13. The molecule has 3 aromatic heterocycles. The first kappa shape index (κ1) is 27.9. The van der Waals surface area contributed by atoms with Crippen molar-refractivity contribution in [3.63, 3.8) is 0 Å².